The van der Waals surface area contributed by atoms with Crippen molar-refractivity contribution in [3.8, 4) is 0 Å². The lowest BCUT2D eigenvalue weighted by atomic mass is 9.35. The minimum atomic E-state index is -0.101. The van der Waals surface area contributed by atoms with Crippen molar-refractivity contribution in [2.75, 3.05) is 9.80 Å². The van der Waals surface area contributed by atoms with Crippen molar-refractivity contribution < 1.29 is 4.42 Å². The Kier molecular flexibility index (Phi) is 7.46. The van der Waals surface area contributed by atoms with Crippen LogP contribution < -0.4 is 26.4 Å². The van der Waals surface area contributed by atoms with E-state index >= 15 is 0 Å². The van der Waals surface area contributed by atoms with E-state index in [-0.39, 0.29) is 23.0 Å². The van der Waals surface area contributed by atoms with Crippen LogP contribution in [0.2, 0.25) is 0 Å². The summed E-state index contributed by atoms with van der Waals surface area (Å²) in [7, 11) is 0. The molecule has 0 atom stereocenters. The summed E-state index contributed by atoms with van der Waals surface area (Å²) < 4.78 is 10.0. The summed E-state index contributed by atoms with van der Waals surface area (Å²) in [6.45, 7) is 22.8. The fourth-order valence-corrected chi connectivity index (χ4v) is 10.2. The summed E-state index contributed by atoms with van der Waals surface area (Å²) in [6.07, 6.45) is 0. The fraction of sp³-hybridized carbons (Fsp3) is 0.255. The Bertz CT molecular complexity index is 2880. The molecule has 3 nitrogen and oxygen atoms in total. The molecule has 2 aliphatic rings. The molecular formula is C51H49BN2OS. The normalized spacial score (nSPS) is 14.1. The summed E-state index contributed by atoms with van der Waals surface area (Å²) in [6, 6.07) is 43.9. The number of hydrogen-bond donors (Lipinski definition) is 0. The summed E-state index contributed by atoms with van der Waals surface area (Å²) in [5, 5.41) is 3.61. The van der Waals surface area contributed by atoms with E-state index in [0.29, 0.717) is 0 Å². The van der Waals surface area contributed by atoms with Gasteiger partial charge in [-0.2, -0.15) is 0 Å². The minimum Gasteiger partial charge on any atom is -0.467 e. The third-order valence-electron chi connectivity index (χ3n) is 12.2. The molecule has 278 valence electrons. The quantitative estimate of drug-likeness (QED) is 0.164. The molecule has 2 aromatic heterocycles. The molecule has 0 radical (unpaired) electrons. The lowest BCUT2D eigenvalue weighted by Crippen LogP contribution is -2.61. The van der Waals surface area contributed by atoms with Gasteiger partial charge in [-0.1, -0.05) is 117 Å². The molecule has 0 N–H and O–H groups in total. The highest BCUT2D eigenvalue weighted by atomic mass is 32.1. The van der Waals surface area contributed by atoms with Crippen molar-refractivity contribution >= 4 is 99.9 Å². The number of hydrogen-bond acceptors (Lipinski definition) is 4. The van der Waals surface area contributed by atoms with Crippen molar-refractivity contribution in [1.29, 1.82) is 0 Å². The number of benzene rings is 6. The Morgan fingerprint density at radius 3 is 1.73 bits per heavy atom. The first-order valence-electron chi connectivity index (χ1n) is 20.0. The van der Waals surface area contributed by atoms with Gasteiger partial charge in [-0.05, 0) is 117 Å². The van der Waals surface area contributed by atoms with Gasteiger partial charge in [-0.15, -0.1) is 11.3 Å². The van der Waals surface area contributed by atoms with Gasteiger partial charge in [0.1, 0.15) is 5.58 Å². The van der Waals surface area contributed by atoms with Crippen LogP contribution >= 0.6 is 11.3 Å². The number of furan rings is 1. The molecule has 0 fully saturated rings. The summed E-state index contributed by atoms with van der Waals surface area (Å²) >= 11 is 1.85. The highest BCUT2D eigenvalue weighted by Gasteiger charge is 2.47. The first-order chi connectivity index (χ1) is 26.6. The van der Waals surface area contributed by atoms with Crippen molar-refractivity contribution in [2.45, 2.75) is 85.5 Å². The standard InChI is InChI=1S/C51H49BN2OS/c1-30-27-40-45-41(28-30)54(35-22-17-32(18-23-35)50(5,6)7)46-37-24-26-43-44(36-13-11-12-14-42(36)56-43)47(37)55-48(46)52(45)38-29-33(51(8,9)10)19-25-39(38)53(40)34-20-15-31(16-21-34)49(2,3)4/h11-29H,1-10H3. The molecule has 10 rings (SSSR count). The Hall–Kier alpha value is -5.26. The number of anilines is 6. The predicted octanol–water partition coefficient (Wildman–Crippen LogP) is 13.1. The molecule has 0 saturated heterocycles. The average Bonchev–Trinajstić information content (AvgIpc) is 3.72. The Labute approximate surface area is 335 Å². The maximum absolute atomic E-state index is 7.50. The highest BCUT2D eigenvalue weighted by molar-refractivity contribution is 7.26. The van der Waals surface area contributed by atoms with Crippen molar-refractivity contribution in [2.24, 2.45) is 0 Å². The van der Waals surface area contributed by atoms with Crippen LogP contribution in [-0.2, 0) is 16.2 Å². The highest BCUT2D eigenvalue weighted by Crippen LogP contribution is 2.50. The van der Waals surface area contributed by atoms with Crippen LogP contribution in [0.25, 0.3) is 31.1 Å². The van der Waals surface area contributed by atoms with Gasteiger partial charge in [0.15, 0.2) is 0 Å². The smallest absolute Gasteiger partial charge is 0.297 e. The Morgan fingerprint density at radius 1 is 0.536 bits per heavy atom. The Balaban J connectivity index is 1.33. The Morgan fingerprint density at radius 2 is 1.11 bits per heavy atom. The van der Waals surface area contributed by atoms with Gasteiger partial charge in [0.25, 0.3) is 6.71 Å². The molecule has 8 aromatic rings. The van der Waals surface area contributed by atoms with Crippen molar-refractivity contribution in [1.82, 2.24) is 0 Å². The van der Waals surface area contributed by atoms with E-state index < -0.39 is 0 Å². The first kappa shape index (κ1) is 35.2. The summed E-state index contributed by atoms with van der Waals surface area (Å²) in [5.41, 5.74) is 16.9. The molecule has 4 heterocycles. The van der Waals surface area contributed by atoms with Gasteiger partial charge in [0.05, 0.1) is 11.3 Å². The van der Waals surface area contributed by atoms with Crippen LogP contribution in [0.1, 0.15) is 84.6 Å². The molecule has 0 unspecified atom stereocenters. The molecule has 0 amide bonds. The zero-order chi connectivity index (χ0) is 39.1. The third kappa shape index (κ3) is 5.23. The van der Waals surface area contributed by atoms with E-state index in [4.69, 9.17) is 4.42 Å². The summed E-state index contributed by atoms with van der Waals surface area (Å²) in [5.74, 6) is 0. The predicted molar refractivity (Wildman–Crippen MR) is 244 cm³/mol. The first-order valence-corrected chi connectivity index (χ1v) is 20.9. The third-order valence-corrected chi connectivity index (χ3v) is 13.3. The van der Waals surface area contributed by atoms with E-state index in [1.807, 2.05) is 11.3 Å². The van der Waals surface area contributed by atoms with E-state index in [1.54, 1.807) is 0 Å². The number of thiophene rings is 1. The van der Waals surface area contributed by atoms with Crippen LogP contribution in [0.3, 0.4) is 0 Å². The second-order valence-electron chi connectivity index (χ2n) is 19.2. The van der Waals surface area contributed by atoms with Gasteiger partial charge in [-0.3, -0.25) is 0 Å². The number of rotatable bonds is 2. The average molecular weight is 749 g/mol. The molecule has 2 aliphatic heterocycles. The second kappa shape index (κ2) is 11.9. The number of nitrogens with zero attached hydrogens (tertiary/aromatic N) is 2. The van der Waals surface area contributed by atoms with Crippen molar-refractivity contribution in [3.63, 3.8) is 0 Å². The molecule has 0 saturated carbocycles. The number of aryl methyl sites for hydroxylation is 1. The van der Waals surface area contributed by atoms with Gasteiger partial charge in [-0.25, -0.2) is 0 Å². The van der Waals surface area contributed by atoms with Crippen molar-refractivity contribution in [3.05, 3.63) is 138 Å². The van der Waals surface area contributed by atoms with Crippen LogP contribution in [0.4, 0.5) is 34.1 Å². The topological polar surface area (TPSA) is 19.6 Å². The van der Waals surface area contributed by atoms with Gasteiger partial charge >= 0.3 is 0 Å². The molecule has 56 heavy (non-hydrogen) atoms. The molecular weight excluding hydrogens is 699 g/mol. The molecule has 0 aliphatic carbocycles. The SMILES string of the molecule is Cc1cc2c3c(c1)N(c1ccc(C(C)(C)C)cc1)c1c(oc4c1ccc1sc5ccccc5c14)B3c1cc(C(C)(C)C)ccc1N2c1ccc(C(C)(C)C)cc1. The van der Waals surface area contributed by atoms with E-state index in [1.165, 1.54) is 70.4 Å². The molecule has 6 aromatic carbocycles. The van der Waals surface area contributed by atoms with E-state index in [2.05, 4.69) is 194 Å². The van der Waals surface area contributed by atoms with Crippen LogP contribution in [0, 0.1) is 6.92 Å². The molecule has 0 spiro atoms. The van der Waals surface area contributed by atoms with Gasteiger partial charge in [0.2, 0.25) is 0 Å². The fourth-order valence-electron chi connectivity index (χ4n) is 9.12. The van der Waals surface area contributed by atoms with Crippen LogP contribution in [0.15, 0.2) is 120 Å². The molecule has 5 heteroatoms. The largest absolute Gasteiger partial charge is 0.467 e. The zero-order valence-electron chi connectivity index (χ0n) is 34.3. The van der Waals surface area contributed by atoms with Gasteiger partial charge < -0.3 is 14.2 Å². The van der Waals surface area contributed by atoms with Crippen LogP contribution in [-0.4, -0.2) is 6.71 Å². The molecule has 0 bridgehead atoms. The maximum atomic E-state index is 7.50. The monoisotopic (exact) mass is 748 g/mol. The minimum absolute atomic E-state index is 0.0292. The van der Waals surface area contributed by atoms with Gasteiger partial charge in [0, 0.05) is 54.0 Å². The second-order valence-corrected chi connectivity index (χ2v) is 20.3. The lowest BCUT2D eigenvalue weighted by molar-refractivity contribution is 0.590. The van der Waals surface area contributed by atoms with E-state index in [9.17, 15) is 0 Å². The lowest BCUT2D eigenvalue weighted by Gasteiger charge is -2.43. The number of fused-ring (bicyclic) bond motifs is 10. The summed E-state index contributed by atoms with van der Waals surface area (Å²) in [4.78, 5) is 5.02. The zero-order valence-corrected chi connectivity index (χ0v) is 35.1. The maximum Gasteiger partial charge on any atom is 0.297 e. The van der Waals surface area contributed by atoms with E-state index in [0.717, 1.165) is 33.7 Å². The van der Waals surface area contributed by atoms with Crippen LogP contribution in [0.5, 0.6) is 0 Å².